The minimum atomic E-state index is -0.881. The molecule has 0 aromatic carbocycles. The molecule has 0 aromatic rings. The van der Waals surface area contributed by atoms with Gasteiger partial charge < -0.3 is 5.11 Å². The Morgan fingerprint density at radius 1 is 1.21 bits per heavy atom. The van der Waals surface area contributed by atoms with E-state index in [2.05, 4.69) is 26.5 Å². The van der Waals surface area contributed by atoms with Crippen molar-refractivity contribution in [2.24, 2.45) is 0 Å². The van der Waals surface area contributed by atoms with E-state index < -0.39 is 5.97 Å². The van der Waals surface area contributed by atoms with Gasteiger partial charge in [0.05, 0.1) is 5.75 Å². The Labute approximate surface area is 103 Å². The predicted molar refractivity (Wildman–Crippen MR) is 66.7 cm³/mol. The van der Waals surface area contributed by atoms with Crippen LogP contribution in [-0.2, 0) is 4.79 Å². The molecule has 0 spiro atoms. The summed E-state index contributed by atoms with van der Waals surface area (Å²) >= 11 is 3.57. The number of carbonyl (C=O) groups is 1. The average molecular weight is 325 g/mol. The van der Waals surface area contributed by atoms with Crippen LogP contribution in [0.25, 0.3) is 0 Å². The Morgan fingerprint density at radius 2 is 1.57 bits per heavy atom. The second-order valence-electron chi connectivity index (χ2n) is 3.01. The maximum atomic E-state index is 9.29. The molecular formula is C10H22O2SSn. The maximum absolute atomic E-state index is 9.29. The molecule has 14 heavy (non-hydrogen) atoms. The van der Waals surface area contributed by atoms with Gasteiger partial charge in [-0.15, -0.1) is 0 Å². The normalized spacial score (nSPS) is 9.07. The van der Waals surface area contributed by atoms with E-state index in [-0.39, 0.29) is 26.9 Å². The molecule has 4 heteroatoms. The van der Waals surface area contributed by atoms with Gasteiger partial charge in [-0.3, -0.25) is 4.79 Å². The number of unbranched alkanes of at least 4 members (excludes halogenated alkanes) is 2. The SMILES string of the molecule is CCC[CH2][Sn][CH2]CCC.O=C(O)CS. The van der Waals surface area contributed by atoms with E-state index in [1.165, 1.54) is 25.7 Å². The molecule has 2 radical (unpaired) electrons. The Bertz CT molecular complexity index is 115. The predicted octanol–water partition coefficient (Wildman–Crippen LogP) is 3.13. The fourth-order valence-corrected chi connectivity index (χ4v) is 4.89. The van der Waals surface area contributed by atoms with Gasteiger partial charge in [-0.1, -0.05) is 0 Å². The first-order chi connectivity index (χ1) is 6.68. The Kier molecular flexibility index (Phi) is 19.5. The molecule has 1 N–H and O–H groups in total. The molecular weight excluding hydrogens is 303 g/mol. The molecule has 84 valence electrons. The number of carboxylic acids is 1. The van der Waals surface area contributed by atoms with Crippen LogP contribution in [0.1, 0.15) is 39.5 Å². The van der Waals surface area contributed by atoms with Crippen LogP contribution in [-0.4, -0.2) is 38.0 Å². The van der Waals surface area contributed by atoms with Crippen molar-refractivity contribution >= 4 is 39.7 Å². The summed E-state index contributed by atoms with van der Waals surface area (Å²) in [6.45, 7) is 4.58. The summed E-state index contributed by atoms with van der Waals surface area (Å²) in [4.78, 5) is 9.29. The molecule has 0 aliphatic carbocycles. The summed E-state index contributed by atoms with van der Waals surface area (Å²) in [5.41, 5.74) is 0. The Balaban J connectivity index is 0. The quantitative estimate of drug-likeness (QED) is 0.429. The summed E-state index contributed by atoms with van der Waals surface area (Å²) in [5.74, 6) is -0.965. The first kappa shape index (κ1) is 17.0. The van der Waals surface area contributed by atoms with Crippen molar-refractivity contribution in [2.75, 3.05) is 5.75 Å². The van der Waals surface area contributed by atoms with Gasteiger partial charge in [0.25, 0.3) is 0 Å². The van der Waals surface area contributed by atoms with Crippen molar-refractivity contribution in [1.82, 2.24) is 0 Å². The van der Waals surface area contributed by atoms with Crippen LogP contribution in [0.5, 0.6) is 0 Å². The second-order valence-corrected chi connectivity index (χ2v) is 7.61. The van der Waals surface area contributed by atoms with Gasteiger partial charge >= 0.3 is 75.5 Å². The van der Waals surface area contributed by atoms with E-state index >= 15 is 0 Å². The summed E-state index contributed by atoms with van der Waals surface area (Å²) in [6.07, 6.45) is 5.84. The molecule has 0 unspecified atom stereocenters. The second kappa shape index (κ2) is 16.1. The molecule has 0 aliphatic heterocycles. The zero-order chi connectivity index (χ0) is 11.2. The number of hydrogen-bond donors (Lipinski definition) is 2. The molecule has 2 nitrogen and oxygen atoms in total. The van der Waals surface area contributed by atoms with Crippen molar-refractivity contribution in [1.29, 1.82) is 0 Å². The van der Waals surface area contributed by atoms with Crippen LogP contribution < -0.4 is 0 Å². The van der Waals surface area contributed by atoms with Crippen molar-refractivity contribution in [3.05, 3.63) is 0 Å². The van der Waals surface area contributed by atoms with E-state index in [1.54, 1.807) is 8.87 Å². The first-order valence-corrected chi connectivity index (χ1v) is 9.89. The van der Waals surface area contributed by atoms with E-state index in [0.717, 1.165) is 0 Å². The van der Waals surface area contributed by atoms with E-state index in [4.69, 9.17) is 5.11 Å². The van der Waals surface area contributed by atoms with Crippen LogP contribution in [0.15, 0.2) is 0 Å². The molecule has 0 atom stereocenters. The third-order valence-corrected chi connectivity index (χ3v) is 5.86. The van der Waals surface area contributed by atoms with Gasteiger partial charge in [-0.25, -0.2) is 0 Å². The zero-order valence-corrected chi connectivity index (χ0v) is 13.0. The monoisotopic (exact) mass is 326 g/mol. The van der Waals surface area contributed by atoms with Crippen molar-refractivity contribution < 1.29 is 9.90 Å². The van der Waals surface area contributed by atoms with E-state index in [1.807, 2.05) is 0 Å². The Morgan fingerprint density at radius 3 is 1.79 bits per heavy atom. The third kappa shape index (κ3) is 22.9. The van der Waals surface area contributed by atoms with Crippen molar-refractivity contribution in [2.45, 2.75) is 48.4 Å². The number of hydrogen-bond acceptors (Lipinski definition) is 2. The number of carboxylic acid groups (broad SMARTS) is 1. The van der Waals surface area contributed by atoms with Gasteiger partial charge in [0.1, 0.15) is 0 Å². The number of rotatable bonds is 7. The average Bonchev–Trinajstić information content (AvgIpc) is 2.19. The van der Waals surface area contributed by atoms with Crippen LogP contribution >= 0.6 is 12.6 Å². The summed E-state index contributed by atoms with van der Waals surface area (Å²) < 4.78 is 3.25. The molecule has 0 rings (SSSR count). The minimum absolute atomic E-state index is 0.0833. The molecule has 0 saturated heterocycles. The maximum Gasteiger partial charge on any atom is 0.313 e. The van der Waals surface area contributed by atoms with Gasteiger partial charge in [-0.05, 0) is 0 Å². The molecule has 0 bridgehead atoms. The molecule has 0 saturated carbocycles. The zero-order valence-electron chi connectivity index (χ0n) is 9.25. The summed E-state index contributed by atoms with van der Waals surface area (Å²) in [5, 5.41) is 7.65. The van der Waals surface area contributed by atoms with Crippen LogP contribution in [0.4, 0.5) is 0 Å². The summed E-state index contributed by atoms with van der Waals surface area (Å²) in [6, 6.07) is 0. The van der Waals surface area contributed by atoms with E-state index in [0.29, 0.717) is 0 Å². The van der Waals surface area contributed by atoms with Gasteiger partial charge in [0, 0.05) is 0 Å². The molecule has 0 fully saturated rings. The molecule has 0 amide bonds. The molecule has 0 aromatic heterocycles. The number of thiol groups is 1. The number of aliphatic carboxylic acids is 1. The van der Waals surface area contributed by atoms with Gasteiger partial charge in [0.2, 0.25) is 0 Å². The van der Waals surface area contributed by atoms with Crippen molar-refractivity contribution in [3.63, 3.8) is 0 Å². The fraction of sp³-hybridized carbons (Fsp3) is 0.900. The first-order valence-electron chi connectivity index (χ1n) is 5.22. The van der Waals surface area contributed by atoms with Crippen molar-refractivity contribution in [3.8, 4) is 0 Å². The van der Waals surface area contributed by atoms with E-state index in [9.17, 15) is 4.79 Å². The third-order valence-electron chi connectivity index (χ3n) is 1.55. The molecule has 0 heterocycles. The van der Waals surface area contributed by atoms with Crippen LogP contribution in [0.2, 0.25) is 8.87 Å². The van der Waals surface area contributed by atoms with Gasteiger partial charge in [0.15, 0.2) is 0 Å². The smallest absolute Gasteiger partial charge is 0.313 e. The van der Waals surface area contributed by atoms with Crippen LogP contribution in [0.3, 0.4) is 0 Å². The topological polar surface area (TPSA) is 37.3 Å². The summed E-state index contributed by atoms with van der Waals surface area (Å²) in [7, 11) is 0. The van der Waals surface area contributed by atoms with Gasteiger partial charge in [-0.2, -0.15) is 12.6 Å². The van der Waals surface area contributed by atoms with Crippen LogP contribution in [0, 0.1) is 0 Å². The fourth-order valence-electron chi connectivity index (χ4n) is 0.729. The Hall–Kier alpha value is 0.619. The standard InChI is InChI=1S/2C4H9.C2H4O2S.Sn/c2*1-3-4-2;3-2(4)1-5;/h2*1,3-4H2,2H3;5H,1H2,(H,3,4);. The molecule has 0 aliphatic rings. The largest absolute Gasteiger partial charge is 0.481 e. The minimum Gasteiger partial charge on any atom is -0.481 e.